The predicted molar refractivity (Wildman–Crippen MR) is 106 cm³/mol. The van der Waals surface area contributed by atoms with Gasteiger partial charge in [-0.3, -0.25) is 10.1 Å². The van der Waals surface area contributed by atoms with Crippen LogP contribution in [0.3, 0.4) is 0 Å². The Kier molecular flexibility index (Phi) is 4.48. The minimum Gasteiger partial charge on any atom is -0.497 e. The number of benzene rings is 2. The highest BCUT2D eigenvalue weighted by Crippen LogP contribution is 2.31. The Bertz CT molecular complexity index is 1070. The zero-order valence-electron chi connectivity index (χ0n) is 13.7. The number of carbonyl (C=O) groups is 1. The van der Waals surface area contributed by atoms with Crippen molar-refractivity contribution in [2.75, 3.05) is 12.4 Å². The van der Waals surface area contributed by atoms with Gasteiger partial charge >= 0.3 is 0 Å². The number of anilines is 1. The molecule has 0 fully saturated rings. The third-order valence-electron chi connectivity index (χ3n) is 3.82. The number of thiazole rings is 1. The lowest BCUT2D eigenvalue weighted by molar-refractivity contribution is 0.102. The molecular weight excluding hydrogens is 416 g/mol. The van der Waals surface area contributed by atoms with Crippen molar-refractivity contribution < 1.29 is 13.9 Å². The van der Waals surface area contributed by atoms with Crippen LogP contribution in [-0.2, 0) is 0 Å². The Morgan fingerprint density at radius 3 is 2.88 bits per heavy atom. The van der Waals surface area contributed by atoms with Gasteiger partial charge in [-0.25, -0.2) is 4.98 Å². The zero-order valence-corrected chi connectivity index (χ0v) is 16.1. The van der Waals surface area contributed by atoms with E-state index >= 15 is 0 Å². The smallest absolute Gasteiger partial charge is 0.258 e. The molecule has 1 amide bonds. The van der Waals surface area contributed by atoms with Crippen molar-refractivity contribution in [1.29, 1.82) is 0 Å². The molecule has 1 N–H and O–H groups in total. The Morgan fingerprint density at radius 1 is 1.23 bits per heavy atom. The summed E-state index contributed by atoms with van der Waals surface area (Å²) in [6.07, 6.45) is 0. The molecule has 4 aromatic rings. The fraction of sp³-hybridized carbons (Fsp3) is 0.0526. The lowest BCUT2D eigenvalue weighted by Crippen LogP contribution is -2.12. The number of hydrogen-bond acceptors (Lipinski definition) is 5. The second-order valence-corrected chi connectivity index (χ2v) is 7.20. The normalized spacial score (nSPS) is 10.8. The third-order valence-corrected chi connectivity index (χ3v) is 5.27. The first-order chi connectivity index (χ1) is 12.6. The van der Waals surface area contributed by atoms with E-state index in [-0.39, 0.29) is 5.91 Å². The van der Waals surface area contributed by atoms with E-state index in [2.05, 4.69) is 26.2 Å². The van der Waals surface area contributed by atoms with Crippen LogP contribution in [0.2, 0.25) is 0 Å². The van der Waals surface area contributed by atoms with Gasteiger partial charge in [0.1, 0.15) is 17.0 Å². The number of ether oxygens (including phenoxy) is 1. The van der Waals surface area contributed by atoms with Crippen LogP contribution in [0.1, 0.15) is 10.4 Å². The Hall–Kier alpha value is -2.64. The summed E-state index contributed by atoms with van der Waals surface area (Å²) in [6, 6.07) is 14.9. The van der Waals surface area contributed by atoms with Crippen molar-refractivity contribution >= 4 is 49.3 Å². The second kappa shape index (κ2) is 6.93. The summed E-state index contributed by atoms with van der Waals surface area (Å²) in [5.41, 5.74) is 1.97. The molecule has 2 aromatic heterocycles. The van der Waals surface area contributed by atoms with Crippen molar-refractivity contribution in [3.8, 4) is 17.2 Å². The summed E-state index contributed by atoms with van der Waals surface area (Å²) >= 11 is 4.73. The fourth-order valence-electron chi connectivity index (χ4n) is 2.52. The maximum Gasteiger partial charge on any atom is 0.258 e. The third kappa shape index (κ3) is 3.23. The number of nitrogens with zero attached hydrogens (tertiary/aromatic N) is 1. The van der Waals surface area contributed by atoms with Crippen LogP contribution in [0.15, 0.2) is 62.8 Å². The molecule has 2 aromatic carbocycles. The molecular formula is C19H13BrN2O3S. The maximum absolute atomic E-state index is 12.5. The van der Waals surface area contributed by atoms with Crippen molar-refractivity contribution in [2.45, 2.75) is 0 Å². The van der Waals surface area contributed by atoms with Gasteiger partial charge in [0.2, 0.25) is 0 Å². The average Bonchev–Trinajstić information content (AvgIpc) is 3.28. The lowest BCUT2D eigenvalue weighted by Gasteiger charge is -2.06. The average molecular weight is 429 g/mol. The molecule has 2 heterocycles. The summed E-state index contributed by atoms with van der Waals surface area (Å²) in [4.78, 5) is 17.0. The summed E-state index contributed by atoms with van der Waals surface area (Å²) in [6.45, 7) is 0. The molecule has 5 nitrogen and oxygen atoms in total. The number of rotatable bonds is 4. The van der Waals surface area contributed by atoms with Crippen LogP contribution >= 0.6 is 27.3 Å². The van der Waals surface area contributed by atoms with Gasteiger partial charge in [-0.1, -0.05) is 18.2 Å². The number of para-hydroxylation sites is 1. The molecule has 0 atom stereocenters. The molecule has 26 heavy (non-hydrogen) atoms. The maximum atomic E-state index is 12.5. The Morgan fingerprint density at radius 2 is 2.08 bits per heavy atom. The summed E-state index contributed by atoms with van der Waals surface area (Å²) < 4.78 is 11.7. The Balaban J connectivity index is 1.57. The molecule has 0 aliphatic carbocycles. The van der Waals surface area contributed by atoms with Crippen LogP contribution in [0.4, 0.5) is 5.13 Å². The standard InChI is InChI=1S/C19H13BrN2O3S/c1-24-12-6-7-14(20)13(9-12)18(23)22-19-21-15(10-26-19)17-8-11-4-2-3-5-16(11)25-17/h2-10H,1H3,(H,21,22,23). The molecule has 0 radical (unpaired) electrons. The molecule has 0 saturated heterocycles. The zero-order chi connectivity index (χ0) is 18.1. The number of methoxy groups -OCH3 is 1. The van der Waals surface area contributed by atoms with E-state index in [9.17, 15) is 4.79 Å². The topological polar surface area (TPSA) is 64.4 Å². The fourth-order valence-corrected chi connectivity index (χ4v) is 3.64. The van der Waals surface area contributed by atoms with Gasteiger partial charge < -0.3 is 9.15 Å². The SMILES string of the molecule is COc1ccc(Br)c(C(=O)Nc2nc(-c3cc4ccccc4o3)cs2)c1. The molecule has 7 heteroatoms. The van der Waals surface area contributed by atoms with Crippen molar-refractivity contribution in [2.24, 2.45) is 0 Å². The second-order valence-electron chi connectivity index (χ2n) is 5.49. The number of hydrogen-bond donors (Lipinski definition) is 1. The van der Waals surface area contributed by atoms with E-state index < -0.39 is 0 Å². The number of nitrogens with one attached hydrogen (secondary N) is 1. The van der Waals surface area contributed by atoms with E-state index in [1.54, 1.807) is 25.3 Å². The number of furan rings is 1. The minimum absolute atomic E-state index is 0.263. The number of aromatic nitrogens is 1. The monoisotopic (exact) mass is 428 g/mol. The molecule has 130 valence electrons. The van der Waals surface area contributed by atoms with E-state index in [0.29, 0.717) is 32.4 Å². The molecule has 0 aliphatic rings. The molecule has 0 saturated carbocycles. The predicted octanol–water partition coefficient (Wildman–Crippen LogP) is 5.58. The number of carbonyl (C=O) groups excluding carboxylic acids is 1. The number of fused-ring (bicyclic) bond motifs is 1. The van der Waals surface area contributed by atoms with E-state index in [1.165, 1.54) is 11.3 Å². The van der Waals surface area contributed by atoms with Crippen LogP contribution in [0.25, 0.3) is 22.4 Å². The summed E-state index contributed by atoms with van der Waals surface area (Å²) in [5, 5.41) is 6.19. The molecule has 0 unspecified atom stereocenters. The molecule has 0 spiro atoms. The van der Waals surface area contributed by atoms with Gasteiger partial charge in [0.15, 0.2) is 10.9 Å². The largest absolute Gasteiger partial charge is 0.497 e. The molecule has 0 aliphatic heterocycles. The summed E-state index contributed by atoms with van der Waals surface area (Å²) in [5.74, 6) is 1.02. The van der Waals surface area contributed by atoms with Gasteiger partial charge in [-0.15, -0.1) is 11.3 Å². The van der Waals surface area contributed by atoms with Crippen LogP contribution in [0, 0.1) is 0 Å². The van der Waals surface area contributed by atoms with Crippen molar-refractivity contribution in [1.82, 2.24) is 4.98 Å². The lowest BCUT2D eigenvalue weighted by atomic mass is 10.2. The van der Waals surface area contributed by atoms with Crippen molar-refractivity contribution in [3.63, 3.8) is 0 Å². The van der Waals surface area contributed by atoms with Gasteiger partial charge in [0, 0.05) is 15.2 Å². The van der Waals surface area contributed by atoms with Gasteiger partial charge in [0.05, 0.1) is 12.7 Å². The van der Waals surface area contributed by atoms with Crippen molar-refractivity contribution in [3.05, 3.63) is 63.9 Å². The van der Waals surface area contributed by atoms with Gasteiger partial charge in [-0.05, 0) is 46.3 Å². The Labute approximate surface area is 161 Å². The first-order valence-electron chi connectivity index (χ1n) is 7.73. The molecule has 4 rings (SSSR count). The first-order valence-corrected chi connectivity index (χ1v) is 9.40. The number of amides is 1. The van der Waals surface area contributed by atoms with Gasteiger partial charge in [-0.2, -0.15) is 0 Å². The summed E-state index contributed by atoms with van der Waals surface area (Å²) in [7, 11) is 1.56. The number of halogens is 1. The van der Waals surface area contributed by atoms with Crippen LogP contribution < -0.4 is 10.1 Å². The highest BCUT2D eigenvalue weighted by molar-refractivity contribution is 9.10. The van der Waals surface area contributed by atoms with Crippen LogP contribution in [-0.4, -0.2) is 18.0 Å². The highest BCUT2D eigenvalue weighted by Gasteiger charge is 2.15. The minimum atomic E-state index is -0.263. The first kappa shape index (κ1) is 16.8. The van der Waals surface area contributed by atoms with Crippen LogP contribution in [0.5, 0.6) is 5.75 Å². The van der Waals surface area contributed by atoms with E-state index in [4.69, 9.17) is 9.15 Å². The quantitative estimate of drug-likeness (QED) is 0.460. The van der Waals surface area contributed by atoms with E-state index in [1.807, 2.05) is 35.7 Å². The highest BCUT2D eigenvalue weighted by atomic mass is 79.9. The molecule has 0 bridgehead atoms. The van der Waals surface area contributed by atoms with Gasteiger partial charge in [0.25, 0.3) is 5.91 Å². The van der Waals surface area contributed by atoms with E-state index in [0.717, 1.165) is 11.0 Å².